The van der Waals surface area contributed by atoms with Crippen LogP contribution in [-0.4, -0.2) is 24.8 Å². The minimum atomic E-state index is 0.252. The van der Waals surface area contributed by atoms with E-state index >= 15 is 0 Å². The van der Waals surface area contributed by atoms with E-state index in [9.17, 15) is 4.79 Å². The molecule has 1 saturated carbocycles. The fraction of sp³-hybridized carbons (Fsp3) is 0.727. The molecule has 74 valence electrons. The predicted molar refractivity (Wildman–Crippen MR) is 54.4 cm³/mol. The van der Waals surface area contributed by atoms with Gasteiger partial charge in [-0.15, -0.1) is 0 Å². The van der Waals surface area contributed by atoms with Gasteiger partial charge in [-0.3, -0.25) is 4.79 Å². The van der Waals surface area contributed by atoms with E-state index in [1.165, 1.54) is 12.8 Å². The SMILES string of the molecule is CN(C)/C=C/C(=O)CCC1(C)CC1. The molecule has 0 aliphatic heterocycles. The second-order valence-corrected chi connectivity index (χ2v) is 4.56. The lowest BCUT2D eigenvalue weighted by Gasteiger charge is -2.05. The van der Waals surface area contributed by atoms with E-state index in [2.05, 4.69) is 6.92 Å². The van der Waals surface area contributed by atoms with Crippen LogP contribution in [0.1, 0.15) is 32.6 Å². The van der Waals surface area contributed by atoms with Crippen molar-refractivity contribution in [2.24, 2.45) is 5.41 Å². The zero-order valence-electron chi connectivity index (χ0n) is 8.84. The van der Waals surface area contributed by atoms with Crippen LogP contribution in [0.3, 0.4) is 0 Å². The lowest BCUT2D eigenvalue weighted by atomic mass is 10.0. The molecule has 1 rings (SSSR count). The first-order valence-electron chi connectivity index (χ1n) is 4.89. The minimum absolute atomic E-state index is 0.252. The third-order valence-electron chi connectivity index (χ3n) is 2.64. The van der Waals surface area contributed by atoms with Crippen LogP contribution in [0.25, 0.3) is 0 Å². The number of nitrogens with zero attached hydrogens (tertiary/aromatic N) is 1. The van der Waals surface area contributed by atoms with Crippen LogP contribution in [0.5, 0.6) is 0 Å². The first-order chi connectivity index (χ1) is 6.02. The lowest BCUT2D eigenvalue weighted by molar-refractivity contribution is -0.115. The summed E-state index contributed by atoms with van der Waals surface area (Å²) in [7, 11) is 3.85. The van der Waals surface area contributed by atoms with Crippen LogP contribution < -0.4 is 0 Å². The number of carbonyl (C=O) groups is 1. The van der Waals surface area contributed by atoms with Crippen molar-refractivity contribution in [3.05, 3.63) is 12.3 Å². The molecule has 0 heterocycles. The molecule has 2 heteroatoms. The van der Waals surface area contributed by atoms with Crippen LogP contribution >= 0.6 is 0 Å². The molecule has 1 aliphatic carbocycles. The number of ketones is 1. The first kappa shape index (κ1) is 10.3. The lowest BCUT2D eigenvalue weighted by Crippen LogP contribution is -2.04. The summed E-state index contributed by atoms with van der Waals surface area (Å²) in [5.41, 5.74) is 0.502. The first-order valence-corrected chi connectivity index (χ1v) is 4.89. The van der Waals surface area contributed by atoms with Crippen molar-refractivity contribution >= 4 is 5.78 Å². The van der Waals surface area contributed by atoms with Crippen molar-refractivity contribution in [3.8, 4) is 0 Å². The average molecular weight is 181 g/mol. The van der Waals surface area contributed by atoms with Crippen LogP contribution in [0.15, 0.2) is 12.3 Å². The summed E-state index contributed by atoms with van der Waals surface area (Å²) < 4.78 is 0. The van der Waals surface area contributed by atoms with Gasteiger partial charge in [0, 0.05) is 26.7 Å². The van der Waals surface area contributed by atoms with E-state index in [0.29, 0.717) is 11.8 Å². The second kappa shape index (κ2) is 3.95. The molecular weight excluding hydrogens is 162 g/mol. The van der Waals surface area contributed by atoms with E-state index < -0.39 is 0 Å². The van der Waals surface area contributed by atoms with Gasteiger partial charge in [0.25, 0.3) is 0 Å². The Balaban J connectivity index is 2.18. The van der Waals surface area contributed by atoms with Gasteiger partial charge in [0.2, 0.25) is 0 Å². The van der Waals surface area contributed by atoms with Crippen molar-refractivity contribution in [2.75, 3.05) is 14.1 Å². The Morgan fingerprint density at radius 2 is 2.08 bits per heavy atom. The largest absolute Gasteiger partial charge is 0.383 e. The zero-order valence-corrected chi connectivity index (χ0v) is 8.84. The average Bonchev–Trinajstić information content (AvgIpc) is 2.77. The minimum Gasteiger partial charge on any atom is -0.383 e. The van der Waals surface area contributed by atoms with E-state index in [4.69, 9.17) is 0 Å². The van der Waals surface area contributed by atoms with Gasteiger partial charge < -0.3 is 4.90 Å². The Hall–Kier alpha value is -0.790. The molecule has 0 spiro atoms. The van der Waals surface area contributed by atoms with Crippen molar-refractivity contribution in [1.82, 2.24) is 4.90 Å². The van der Waals surface area contributed by atoms with E-state index in [1.807, 2.05) is 25.2 Å². The quantitative estimate of drug-likeness (QED) is 0.606. The fourth-order valence-electron chi connectivity index (χ4n) is 1.20. The molecule has 1 aliphatic rings. The normalized spacial score (nSPS) is 19.0. The monoisotopic (exact) mass is 181 g/mol. The molecule has 0 atom stereocenters. The van der Waals surface area contributed by atoms with Crippen molar-refractivity contribution in [2.45, 2.75) is 32.6 Å². The summed E-state index contributed by atoms with van der Waals surface area (Å²) in [6, 6.07) is 0. The van der Waals surface area contributed by atoms with Crippen LogP contribution in [0.4, 0.5) is 0 Å². The Morgan fingerprint density at radius 1 is 1.46 bits per heavy atom. The van der Waals surface area contributed by atoms with Gasteiger partial charge >= 0.3 is 0 Å². The molecule has 1 fully saturated rings. The van der Waals surface area contributed by atoms with Gasteiger partial charge in [0.1, 0.15) is 0 Å². The maximum atomic E-state index is 11.3. The van der Waals surface area contributed by atoms with Gasteiger partial charge in [-0.2, -0.15) is 0 Å². The summed E-state index contributed by atoms with van der Waals surface area (Å²) >= 11 is 0. The van der Waals surface area contributed by atoms with E-state index in [1.54, 1.807) is 6.08 Å². The number of rotatable bonds is 5. The molecule has 0 bridgehead atoms. The summed E-state index contributed by atoms with van der Waals surface area (Å²) in [6.45, 7) is 2.26. The molecule has 0 aromatic carbocycles. The number of hydrogen-bond acceptors (Lipinski definition) is 2. The highest BCUT2D eigenvalue weighted by atomic mass is 16.1. The molecule has 0 unspecified atom stereocenters. The third kappa shape index (κ3) is 4.11. The molecular formula is C11H19NO. The van der Waals surface area contributed by atoms with Crippen molar-refractivity contribution < 1.29 is 4.79 Å². The highest BCUT2D eigenvalue weighted by Crippen LogP contribution is 2.48. The summed E-state index contributed by atoms with van der Waals surface area (Å²) in [5.74, 6) is 0.252. The summed E-state index contributed by atoms with van der Waals surface area (Å²) in [6.07, 6.45) is 7.86. The van der Waals surface area contributed by atoms with Gasteiger partial charge in [-0.1, -0.05) is 6.92 Å². The molecule has 0 amide bonds. The molecule has 13 heavy (non-hydrogen) atoms. The summed E-state index contributed by atoms with van der Waals surface area (Å²) in [4.78, 5) is 13.2. The second-order valence-electron chi connectivity index (χ2n) is 4.56. The highest BCUT2D eigenvalue weighted by Gasteiger charge is 2.36. The van der Waals surface area contributed by atoms with Gasteiger partial charge in [0.15, 0.2) is 5.78 Å². The predicted octanol–water partition coefficient (Wildman–Crippen LogP) is 2.21. The fourth-order valence-corrected chi connectivity index (χ4v) is 1.20. The van der Waals surface area contributed by atoms with Crippen LogP contribution in [0, 0.1) is 5.41 Å². The molecule has 0 aromatic rings. The Kier molecular flexibility index (Phi) is 3.12. The number of allylic oxidation sites excluding steroid dienone is 1. The maximum absolute atomic E-state index is 11.3. The summed E-state index contributed by atoms with van der Waals surface area (Å²) in [5, 5.41) is 0. The van der Waals surface area contributed by atoms with Gasteiger partial charge in [-0.25, -0.2) is 0 Å². The topological polar surface area (TPSA) is 20.3 Å². The van der Waals surface area contributed by atoms with Gasteiger partial charge in [-0.05, 0) is 30.8 Å². The molecule has 0 radical (unpaired) electrons. The highest BCUT2D eigenvalue weighted by molar-refractivity contribution is 5.89. The Morgan fingerprint density at radius 3 is 2.54 bits per heavy atom. The van der Waals surface area contributed by atoms with Crippen LogP contribution in [-0.2, 0) is 4.79 Å². The van der Waals surface area contributed by atoms with Crippen LogP contribution in [0.2, 0.25) is 0 Å². The number of carbonyl (C=O) groups excluding carboxylic acids is 1. The van der Waals surface area contributed by atoms with E-state index in [0.717, 1.165) is 6.42 Å². The zero-order chi connectivity index (χ0) is 9.90. The third-order valence-corrected chi connectivity index (χ3v) is 2.64. The maximum Gasteiger partial charge on any atom is 0.157 e. The number of hydrogen-bond donors (Lipinski definition) is 0. The van der Waals surface area contributed by atoms with E-state index in [-0.39, 0.29) is 5.78 Å². The molecule has 0 N–H and O–H groups in total. The van der Waals surface area contributed by atoms with Crippen molar-refractivity contribution in [3.63, 3.8) is 0 Å². The Labute approximate surface area is 80.6 Å². The van der Waals surface area contributed by atoms with Gasteiger partial charge in [0.05, 0.1) is 0 Å². The van der Waals surface area contributed by atoms with Crippen molar-refractivity contribution in [1.29, 1.82) is 0 Å². The Bertz CT molecular complexity index is 214. The standard InChI is InChI=1S/C11H19NO/c1-11(7-8-11)6-4-10(13)5-9-12(2)3/h5,9H,4,6-8H2,1-3H3/b9-5+. The molecule has 2 nitrogen and oxygen atoms in total. The molecule has 0 saturated heterocycles. The smallest absolute Gasteiger partial charge is 0.157 e. The molecule has 0 aromatic heterocycles.